The fraction of sp³-hybridized carbons (Fsp3) is 0.348. The summed E-state index contributed by atoms with van der Waals surface area (Å²) in [5, 5.41) is 6.10. The quantitative estimate of drug-likeness (QED) is 0.721. The Morgan fingerprint density at radius 3 is 2.57 bits per heavy atom. The second-order valence-corrected chi connectivity index (χ2v) is 9.01. The molecule has 156 valence electrons. The van der Waals surface area contributed by atoms with Gasteiger partial charge in [0.15, 0.2) is 0 Å². The van der Waals surface area contributed by atoms with Gasteiger partial charge < -0.3 is 10.6 Å². The van der Waals surface area contributed by atoms with Crippen LogP contribution in [-0.2, 0) is 9.59 Å². The second kappa shape index (κ2) is 8.32. The molecule has 0 aliphatic carbocycles. The Bertz CT molecular complexity index is 1010. The number of likely N-dealkylation sites (tertiary alicyclic amines) is 1. The summed E-state index contributed by atoms with van der Waals surface area (Å²) in [7, 11) is 0. The van der Waals surface area contributed by atoms with E-state index in [9.17, 15) is 9.59 Å². The molecule has 0 unspecified atom stereocenters. The molecule has 1 spiro atoms. The highest BCUT2D eigenvalue weighted by molar-refractivity contribution is 9.10. The van der Waals surface area contributed by atoms with Gasteiger partial charge in [0.1, 0.15) is 11.4 Å². The molecule has 0 bridgehead atoms. The van der Waals surface area contributed by atoms with E-state index in [1.165, 1.54) is 0 Å². The molecule has 0 saturated carbocycles. The predicted octanol–water partition coefficient (Wildman–Crippen LogP) is 3.42. The third kappa shape index (κ3) is 4.47. The van der Waals surface area contributed by atoms with Crippen molar-refractivity contribution in [3.05, 3.63) is 63.6 Å². The average Bonchev–Trinajstić information content (AvgIpc) is 3.03. The Balaban J connectivity index is 1.36. The molecule has 2 N–H and O–H groups in total. The van der Waals surface area contributed by atoms with Crippen LogP contribution in [0.4, 0.5) is 5.69 Å². The molecule has 2 aromatic carbocycles. The monoisotopic (exact) mass is 468 g/mol. The number of piperidine rings is 1. The van der Waals surface area contributed by atoms with Gasteiger partial charge in [0.05, 0.1) is 6.54 Å². The highest BCUT2D eigenvalue weighted by Crippen LogP contribution is 2.29. The Labute approximate surface area is 184 Å². The minimum Gasteiger partial charge on any atom is -0.326 e. The van der Waals surface area contributed by atoms with Gasteiger partial charge in [-0.3, -0.25) is 19.5 Å². The van der Waals surface area contributed by atoms with Crippen molar-refractivity contribution >= 4 is 39.1 Å². The number of hydrogen-bond acceptors (Lipinski definition) is 4. The van der Waals surface area contributed by atoms with Crippen LogP contribution >= 0.6 is 15.9 Å². The van der Waals surface area contributed by atoms with E-state index in [0.717, 1.165) is 26.9 Å². The number of rotatable bonds is 4. The third-order valence-electron chi connectivity index (χ3n) is 5.72. The van der Waals surface area contributed by atoms with Crippen LogP contribution in [-0.4, -0.2) is 47.7 Å². The topological polar surface area (TPSA) is 73.8 Å². The van der Waals surface area contributed by atoms with Gasteiger partial charge in [-0.2, -0.15) is 0 Å². The molecule has 6 nitrogen and oxygen atoms in total. The Morgan fingerprint density at radius 2 is 1.87 bits per heavy atom. The van der Waals surface area contributed by atoms with Crippen molar-refractivity contribution in [1.82, 2.24) is 10.2 Å². The summed E-state index contributed by atoms with van der Waals surface area (Å²) >= 11 is 3.41. The summed E-state index contributed by atoms with van der Waals surface area (Å²) in [5.41, 5.74) is 3.79. The first-order chi connectivity index (χ1) is 14.3. The van der Waals surface area contributed by atoms with Gasteiger partial charge in [0.2, 0.25) is 5.91 Å². The highest BCUT2D eigenvalue weighted by Gasteiger charge is 2.42. The summed E-state index contributed by atoms with van der Waals surface area (Å²) < 4.78 is 0.965. The first-order valence-electron chi connectivity index (χ1n) is 10.1. The molecular formula is C23H25BrN4O2. The lowest BCUT2D eigenvalue weighted by atomic mass is 9.98. The first kappa shape index (κ1) is 20.8. The van der Waals surface area contributed by atoms with Crippen molar-refractivity contribution < 1.29 is 9.59 Å². The van der Waals surface area contributed by atoms with E-state index in [0.29, 0.717) is 38.2 Å². The zero-order valence-electron chi connectivity index (χ0n) is 17.2. The number of nitrogens with one attached hydrogen (secondary N) is 2. The predicted molar refractivity (Wildman–Crippen MR) is 122 cm³/mol. The number of anilines is 1. The lowest BCUT2D eigenvalue weighted by molar-refractivity contribution is -0.119. The normalized spacial score (nSPS) is 18.2. The average molecular weight is 469 g/mol. The van der Waals surface area contributed by atoms with Crippen LogP contribution in [0.15, 0.2) is 51.9 Å². The minimum absolute atomic E-state index is 0.0193. The molecule has 4 rings (SSSR count). The van der Waals surface area contributed by atoms with Gasteiger partial charge in [-0.15, -0.1) is 0 Å². The second-order valence-electron chi connectivity index (χ2n) is 8.10. The van der Waals surface area contributed by atoms with Crippen LogP contribution in [0.25, 0.3) is 0 Å². The summed E-state index contributed by atoms with van der Waals surface area (Å²) in [6.45, 7) is 5.75. The van der Waals surface area contributed by atoms with Gasteiger partial charge >= 0.3 is 0 Å². The van der Waals surface area contributed by atoms with Crippen molar-refractivity contribution in [2.45, 2.75) is 32.4 Å². The van der Waals surface area contributed by atoms with Crippen LogP contribution in [0, 0.1) is 13.8 Å². The first-order valence-corrected chi connectivity index (χ1v) is 10.9. The number of aliphatic imine (C=N–C) groups is 1. The number of amides is 2. The van der Waals surface area contributed by atoms with Crippen molar-refractivity contribution in [2.24, 2.45) is 4.99 Å². The number of hydrogen-bond donors (Lipinski definition) is 2. The molecular weight excluding hydrogens is 444 g/mol. The van der Waals surface area contributed by atoms with Crippen molar-refractivity contribution in [1.29, 1.82) is 0 Å². The smallest absolute Gasteiger partial charge is 0.272 e. The highest BCUT2D eigenvalue weighted by atomic mass is 79.9. The molecule has 2 aliphatic heterocycles. The lowest BCUT2D eigenvalue weighted by Crippen LogP contribution is -2.52. The molecule has 7 heteroatoms. The number of aryl methyl sites for hydroxylation is 2. The molecule has 30 heavy (non-hydrogen) atoms. The maximum absolute atomic E-state index is 12.5. The van der Waals surface area contributed by atoms with Gasteiger partial charge in [0, 0.05) is 41.7 Å². The van der Waals surface area contributed by atoms with Crippen LogP contribution in [0.1, 0.15) is 29.5 Å². The number of carbonyl (C=O) groups is 2. The Morgan fingerprint density at radius 1 is 1.17 bits per heavy atom. The van der Waals surface area contributed by atoms with Gasteiger partial charge in [-0.25, -0.2) is 0 Å². The van der Waals surface area contributed by atoms with Crippen molar-refractivity contribution in [3.63, 3.8) is 0 Å². The van der Waals surface area contributed by atoms with E-state index >= 15 is 0 Å². The van der Waals surface area contributed by atoms with E-state index in [1.807, 2.05) is 56.3 Å². The molecule has 0 atom stereocenters. The Hall–Kier alpha value is -2.51. The fourth-order valence-corrected chi connectivity index (χ4v) is 4.21. The van der Waals surface area contributed by atoms with E-state index in [2.05, 4.69) is 31.5 Å². The van der Waals surface area contributed by atoms with Crippen LogP contribution < -0.4 is 10.6 Å². The van der Waals surface area contributed by atoms with Crippen LogP contribution in [0.2, 0.25) is 0 Å². The molecule has 1 saturated heterocycles. The van der Waals surface area contributed by atoms with Crippen molar-refractivity contribution in [3.8, 4) is 0 Å². The van der Waals surface area contributed by atoms with Crippen molar-refractivity contribution in [2.75, 3.05) is 25.0 Å². The third-order valence-corrected chi connectivity index (χ3v) is 6.25. The molecule has 2 heterocycles. The van der Waals surface area contributed by atoms with Gasteiger partial charge in [0.25, 0.3) is 5.91 Å². The van der Waals surface area contributed by atoms with E-state index in [-0.39, 0.29) is 11.8 Å². The van der Waals surface area contributed by atoms with Crippen LogP contribution in [0.3, 0.4) is 0 Å². The number of carbonyl (C=O) groups excluding carboxylic acids is 2. The van der Waals surface area contributed by atoms with Gasteiger partial charge in [-0.05, 0) is 43.2 Å². The molecule has 0 aromatic heterocycles. The maximum Gasteiger partial charge on any atom is 0.272 e. The maximum atomic E-state index is 12.5. The molecule has 2 aliphatic rings. The summed E-state index contributed by atoms with van der Waals surface area (Å²) in [6.07, 6.45) is 1.38. The molecule has 1 fully saturated rings. The van der Waals surface area contributed by atoms with E-state index in [4.69, 9.17) is 4.99 Å². The minimum atomic E-state index is -0.556. The number of benzene rings is 2. The number of nitrogens with zero attached hydrogens (tertiary/aromatic N) is 2. The molecule has 0 radical (unpaired) electrons. The summed E-state index contributed by atoms with van der Waals surface area (Å²) in [6, 6.07) is 13.7. The summed E-state index contributed by atoms with van der Waals surface area (Å²) in [4.78, 5) is 31.9. The molecule has 2 aromatic rings. The SMILES string of the molecule is Cc1ccc(C)c(NC(=O)CN2CCC3(CC2)N=C(c2ccc(Br)cc2)C(=O)N3)c1. The zero-order chi connectivity index (χ0) is 21.3. The van der Waals surface area contributed by atoms with E-state index in [1.54, 1.807) is 0 Å². The molecule has 2 amide bonds. The fourth-order valence-electron chi connectivity index (χ4n) is 3.95. The van der Waals surface area contributed by atoms with Gasteiger partial charge in [-0.1, -0.05) is 40.2 Å². The lowest BCUT2D eigenvalue weighted by Gasteiger charge is -2.36. The number of halogens is 1. The van der Waals surface area contributed by atoms with Crippen LogP contribution in [0.5, 0.6) is 0 Å². The Kier molecular flexibility index (Phi) is 5.75. The standard InChI is InChI=1S/C23H25BrN4O2/c1-15-3-4-16(2)19(13-15)25-20(29)14-28-11-9-23(10-12-28)26-21(22(30)27-23)17-5-7-18(24)8-6-17/h3-8,13H,9-12,14H2,1-2H3,(H,25,29)(H,27,30). The zero-order valence-corrected chi connectivity index (χ0v) is 18.8. The largest absolute Gasteiger partial charge is 0.326 e. The summed E-state index contributed by atoms with van der Waals surface area (Å²) in [5.74, 6) is -0.146. The van der Waals surface area contributed by atoms with E-state index < -0.39 is 5.66 Å².